The lowest BCUT2D eigenvalue weighted by Gasteiger charge is -2.33. The fourth-order valence-corrected chi connectivity index (χ4v) is 2.43. The molecule has 1 aromatic rings. The molecule has 0 atom stereocenters. The number of carbonyl (C=O) groups is 1. The SMILES string of the molecule is COc1cc(Br)cc2c1C(=O)NCC2(C)C. The number of amides is 1. The molecule has 1 aromatic carbocycles. The van der Waals surface area contributed by atoms with Crippen LogP contribution >= 0.6 is 15.9 Å². The predicted molar refractivity (Wildman–Crippen MR) is 66.1 cm³/mol. The van der Waals surface area contributed by atoms with E-state index in [1.807, 2.05) is 12.1 Å². The van der Waals surface area contributed by atoms with Crippen LogP contribution in [0.5, 0.6) is 5.75 Å². The van der Waals surface area contributed by atoms with Crippen LogP contribution in [-0.4, -0.2) is 19.6 Å². The summed E-state index contributed by atoms with van der Waals surface area (Å²) in [4.78, 5) is 11.9. The van der Waals surface area contributed by atoms with Crippen molar-refractivity contribution >= 4 is 21.8 Å². The van der Waals surface area contributed by atoms with Crippen LogP contribution in [-0.2, 0) is 5.41 Å². The van der Waals surface area contributed by atoms with E-state index in [1.165, 1.54) is 0 Å². The van der Waals surface area contributed by atoms with Crippen LogP contribution in [0.15, 0.2) is 16.6 Å². The lowest BCUT2D eigenvalue weighted by molar-refractivity contribution is 0.0926. The molecule has 16 heavy (non-hydrogen) atoms. The second kappa shape index (κ2) is 3.77. The number of carbonyl (C=O) groups excluding carboxylic acids is 1. The van der Waals surface area contributed by atoms with Crippen molar-refractivity contribution < 1.29 is 9.53 Å². The number of nitrogens with one attached hydrogen (secondary N) is 1. The Morgan fingerprint density at radius 2 is 2.12 bits per heavy atom. The molecule has 0 unspecified atom stereocenters. The minimum Gasteiger partial charge on any atom is -0.496 e. The van der Waals surface area contributed by atoms with E-state index in [0.29, 0.717) is 17.9 Å². The van der Waals surface area contributed by atoms with Gasteiger partial charge in [0, 0.05) is 16.4 Å². The molecule has 0 bridgehead atoms. The highest BCUT2D eigenvalue weighted by atomic mass is 79.9. The van der Waals surface area contributed by atoms with Gasteiger partial charge in [-0.2, -0.15) is 0 Å². The van der Waals surface area contributed by atoms with Crippen molar-refractivity contribution in [3.05, 3.63) is 27.7 Å². The van der Waals surface area contributed by atoms with Crippen LogP contribution in [0.3, 0.4) is 0 Å². The third-order valence-electron chi connectivity index (χ3n) is 2.93. The highest BCUT2D eigenvalue weighted by Gasteiger charge is 2.34. The molecule has 0 aromatic heterocycles. The maximum atomic E-state index is 11.9. The minimum absolute atomic E-state index is 0.0568. The van der Waals surface area contributed by atoms with Crippen LogP contribution in [0.1, 0.15) is 29.8 Å². The summed E-state index contributed by atoms with van der Waals surface area (Å²) in [5, 5.41) is 2.89. The van der Waals surface area contributed by atoms with Crippen molar-refractivity contribution in [2.45, 2.75) is 19.3 Å². The Bertz CT molecular complexity index is 455. The number of rotatable bonds is 1. The first-order chi connectivity index (χ1) is 7.45. The van der Waals surface area contributed by atoms with Gasteiger partial charge < -0.3 is 10.1 Å². The first-order valence-electron chi connectivity index (χ1n) is 5.12. The molecular weight excluding hydrogens is 270 g/mol. The predicted octanol–water partition coefficient (Wildman–Crippen LogP) is 2.48. The molecule has 86 valence electrons. The zero-order valence-electron chi connectivity index (χ0n) is 9.56. The first-order valence-corrected chi connectivity index (χ1v) is 5.91. The number of hydrogen-bond acceptors (Lipinski definition) is 2. The van der Waals surface area contributed by atoms with Crippen molar-refractivity contribution in [1.82, 2.24) is 5.32 Å². The van der Waals surface area contributed by atoms with E-state index in [1.54, 1.807) is 7.11 Å². The monoisotopic (exact) mass is 283 g/mol. The molecular formula is C12H14BrNO2. The number of hydrogen-bond donors (Lipinski definition) is 1. The van der Waals surface area contributed by atoms with Gasteiger partial charge in [0.25, 0.3) is 5.91 Å². The topological polar surface area (TPSA) is 38.3 Å². The van der Waals surface area contributed by atoms with Gasteiger partial charge in [0.05, 0.1) is 12.7 Å². The second-order valence-corrected chi connectivity index (χ2v) is 5.51. The van der Waals surface area contributed by atoms with Gasteiger partial charge in [-0.05, 0) is 17.7 Å². The number of fused-ring (bicyclic) bond motifs is 1. The summed E-state index contributed by atoms with van der Waals surface area (Å²) < 4.78 is 6.20. The fraction of sp³-hybridized carbons (Fsp3) is 0.417. The molecule has 1 N–H and O–H groups in total. The quantitative estimate of drug-likeness (QED) is 0.860. The summed E-state index contributed by atoms with van der Waals surface area (Å²) in [7, 11) is 1.58. The zero-order chi connectivity index (χ0) is 11.9. The molecule has 1 aliphatic heterocycles. The minimum atomic E-state index is -0.0691. The standard InChI is InChI=1S/C12H14BrNO2/c1-12(2)6-14-11(15)10-8(12)4-7(13)5-9(10)16-3/h4-5H,6H2,1-3H3,(H,14,15). The summed E-state index contributed by atoms with van der Waals surface area (Å²) in [6.45, 7) is 4.87. The average molecular weight is 284 g/mol. The van der Waals surface area contributed by atoms with Crippen LogP contribution in [0.2, 0.25) is 0 Å². The van der Waals surface area contributed by atoms with E-state index in [2.05, 4.69) is 35.1 Å². The van der Waals surface area contributed by atoms with Gasteiger partial charge in [0.1, 0.15) is 5.75 Å². The van der Waals surface area contributed by atoms with E-state index >= 15 is 0 Å². The van der Waals surface area contributed by atoms with Crippen LogP contribution in [0.25, 0.3) is 0 Å². The van der Waals surface area contributed by atoms with E-state index in [4.69, 9.17) is 4.74 Å². The summed E-state index contributed by atoms with van der Waals surface area (Å²) in [5.41, 5.74) is 1.62. The molecule has 3 nitrogen and oxygen atoms in total. The molecule has 0 radical (unpaired) electrons. The number of ether oxygens (including phenoxy) is 1. The van der Waals surface area contributed by atoms with Crippen molar-refractivity contribution in [2.75, 3.05) is 13.7 Å². The lowest BCUT2D eigenvalue weighted by atomic mass is 9.78. The largest absolute Gasteiger partial charge is 0.496 e. The van der Waals surface area contributed by atoms with Crippen molar-refractivity contribution in [2.24, 2.45) is 0 Å². The van der Waals surface area contributed by atoms with E-state index < -0.39 is 0 Å². The smallest absolute Gasteiger partial charge is 0.255 e. The van der Waals surface area contributed by atoms with E-state index in [-0.39, 0.29) is 11.3 Å². The summed E-state index contributed by atoms with van der Waals surface area (Å²) >= 11 is 3.44. The summed E-state index contributed by atoms with van der Waals surface area (Å²) in [5.74, 6) is 0.563. The van der Waals surface area contributed by atoms with Gasteiger partial charge >= 0.3 is 0 Å². The first kappa shape index (κ1) is 11.5. The molecule has 0 fully saturated rings. The molecule has 0 aliphatic carbocycles. The molecule has 1 heterocycles. The van der Waals surface area contributed by atoms with Crippen molar-refractivity contribution in [3.8, 4) is 5.75 Å². The Morgan fingerprint density at radius 3 is 2.75 bits per heavy atom. The Balaban J connectivity index is 2.72. The Kier molecular flexibility index (Phi) is 2.70. The number of halogens is 1. The van der Waals surface area contributed by atoms with Gasteiger partial charge in [-0.25, -0.2) is 0 Å². The molecule has 0 saturated heterocycles. The van der Waals surface area contributed by atoms with Crippen molar-refractivity contribution in [1.29, 1.82) is 0 Å². The van der Waals surface area contributed by atoms with E-state index in [9.17, 15) is 4.79 Å². The molecule has 0 saturated carbocycles. The van der Waals surface area contributed by atoms with Gasteiger partial charge in [0.15, 0.2) is 0 Å². The molecule has 2 rings (SSSR count). The van der Waals surface area contributed by atoms with Crippen molar-refractivity contribution in [3.63, 3.8) is 0 Å². The van der Waals surface area contributed by atoms with Crippen LogP contribution in [0, 0.1) is 0 Å². The lowest BCUT2D eigenvalue weighted by Crippen LogP contribution is -2.43. The molecule has 0 spiro atoms. The normalized spacial score (nSPS) is 17.6. The zero-order valence-corrected chi connectivity index (χ0v) is 11.1. The maximum absolute atomic E-state index is 11.9. The maximum Gasteiger partial charge on any atom is 0.255 e. The van der Waals surface area contributed by atoms with Crippen LogP contribution in [0.4, 0.5) is 0 Å². The Morgan fingerprint density at radius 1 is 1.44 bits per heavy atom. The van der Waals surface area contributed by atoms with Gasteiger partial charge in [-0.3, -0.25) is 4.79 Å². The number of methoxy groups -OCH3 is 1. The highest BCUT2D eigenvalue weighted by molar-refractivity contribution is 9.10. The van der Waals surface area contributed by atoms with E-state index in [0.717, 1.165) is 10.0 Å². The third-order valence-corrected chi connectivity index (χ3v) is 3.39. The van der Waals surface area contributed by atoms with Gasteiger partial charge in [-0.15, -0.1) is 0 Å². The third kappa shape index (κ3) is 1.71. The summed E-state index contributed by atoms with van der Waals surface area (Å²) in [6.07, 6.45) is 0. The average Bonchev–Trinajstić information content (AvgIpc) is 2.23. The Labute approximate surface area is 103 Å². The molecule has 1 amide bonds. The Hall–Kier alpha value is -1.03. The number of benzene rings is 1. The van der Waals surface area contributed by atoms with Crippen LogP contribution < -0.4 is 10.1 Å². The fourth-order valence-electron chi connectivity index (χ4n) is 2.00. The highest BCUT2D eigenvalue weighted by Crippen LogP contribution is 2.37. The molecule has 1 aliphatic rings. The van der Waals surface area contributed by atoms with Gasteiger partial charge in [0.2, 0.25) is 0 Å². The summed E-state index contributed by atoms with van der Waals surface area (Å²) in [6, 6.07) is 3.82. The molecule has 4 heteroatoms. The van der Waals surface area contributed by atoms with Gasteiger partial charge in [-0.1, -0.05) is 29.8 Å². The second-order valence-electron chi connectivity index (χ2n) is 4.60.